The van der Waals surface area contributed by atoms with Crippen molar-refractivity contribution in [1.82, 2.24) is 19.8 Å². The lowest BCUT2D eigenvalue weighted by atomic mass is 10.0. The number of piperidine rings is 1. The average Bonchev–Trinajstić information content (AvgIpc) is 2.75. The number of nitrogens with two attached hydrogens (primary N) is 1. The number of likely N-dealkylation sites (N-methyl/N-ethyl adjacent to an activating group) is 1. The van der Waals surface area contributed by atoms with E-state index in [0.29, 0.717) is 6.04 Å². The lowest BCUT2D eigenvalue weighted by molar-refractivity contribution is 0.0982. The zero-order valence-corrected chi connectivity index (χ0v) is 18.0. The SMILES string of the molecule is CN1CCN(C2CCN(c3ccc(Nc4nc(Cl)cnc4C(N)=O)cc3)CC2)CC1. The molecule has 1 aromatic heterocycles. The van der Waals surface area contributed by atoms with E-state index in [2.05, 4.69) is 49.2 Å². The first-order valence-corrected chi connectivity index (χ1v) is 10.7. The van der Waals surface area contributed by atoms with E-state index in [1.54, 1.807) is 0 Å². The minimum atomic E-state index is -0.651. The zero-order valence-electron chi connectivity index (χ0n) is 17.2. The minimum Gasteiger partial charge on any atom is -0.371 e. The molecule has 2 fully saturated rings. The molecule has 30 heavy (non-hydrogen) atoms. The Bertz CT molecular complexity index is 875. The molecule has 8 nitrogen and oxygen atoms in total. The van der Waals surface area contributed by atoms with Gasteiger partial charge < -0.3 is 20.9 Å². The van der Waals surface area contributed by atoms with Crippen LogP contribution in [-0.4, -0.2) is 78.0 Å². The number of amides is 1. The molecule has 9 heteroatoms. The molecular formula is C21H28ClN7O. The number of aromatic nitrogens is 2. The normalized spacial score (nSPS) is 19.1. The van der Waals surface area contributed by atoms with Gasteiger partial charge >= 0.3 is 0 Å². The minimum absolute atomic E-state index is 0.0643. The van der Waals surface area contributed by atoms with Crippen LogP contribution in [0, 0.1) is 0 Å². The number of anilines is 3. The van der Waals surface area contributed by atoms with Crippen molar-refractivity contribution in [2.45, 2.75) is 18.9 Å². The van der Waals surface area contributed by atoms with Gasteiger partial charge in [0.1, 0.15) is 5.15 Å². The number of carbonyl (C=O) groups excluding carboxylic acids is 1. The number of hydrogen-bond acceptors (Lipinski definition) is 7. The summed E-state index contributed by atoms with van der Waals surface area (Å²) in [5, 5.41) is 3.29. The van der Waals surface area contributed by atoms with Crippen molar-refractivity contribution < 1.29 is 4.79 Å². The third kappa shape index (κ3) is 4.83. The van der Waals surface area contributed by atoms with Crippen LogP contribution in [0.1, 0.15) is 23.3 Å². The summed E-state index contributed by atoms with van der Waals surface area (Å²) in [5.74, 6) is -0.391. The molecule has 0 radical (unpaired) electrons. The van der Waals surface area contributed by atoms with E-state index in [0.717, 1.165) is 18.8 Å². The number of halogens is 1. The molecule has 0 aliphatic carbocycles. The van der Waals surface area contributed by atoms with Crippen molar-refractivity contribution in [3.63, 3.8) is 0 Å². The average molecular weight is 430 g/mol. The Morgan fingerprint density at radius 2 is 1.77 bits per heavy atom. The van der Waals surface area contributed by atoms with Gasteiger partial charge in [0, 0.05) is 56.7 Å². The maximum absolute atomic E-state index is 11.6. The van der Waals surface area contributed by atoms with Gasteiger partial charge in [-0.25, -0.2) is 9.97 Å². The number of benzene rings is 1. The number of piperazine rings is 1. The van der Waals surface area contributed by atoms with Crippen LogP contribution < -0.4 is 16.0 Å². The highest BCUT2D eigenvalue weighted by Gasteiger charge is 2.26. The summed E-state index contributed by atoms with van der Waals surface area (Å²) in [6, 6.07) is 8.80. The van der Waals surface area contributed by atoms with Crippen LogP contribution in [0.15, 0.2) is 30.5 Å². The fourth-order valence-corrected chi connectivity index (χ4v) is 4.34. The maximum Gasteiger partial charge on any atom is 0.271 e. The molecule has 0 saturated carbocycles. The number of carbonyl (C=O) groups is 1. The van der Waals surface area contributed by atoms with Crippen LogP contribution in [0.25, 0.3) is 0 Å². The predicted octanol–water partition coefficient (Wildman–Crippen LogP) is 2.19. The molecule has 0 unspecified atom stereocenters. The van der Waals surface area contributed by atoms with Crippen LogP contribution in [-0.2, 0) is 0 Å². The molecule has 2 aliphatic heterocycles. The molecule has 4 rings (SSSR count). The smallest absolute Gasteiger partial charge is 0.271 e. The lowest BCUT2D eigenvalue weighted by Gasteiger charge is -2.42. The summed E-state index contributed by atoms with van der Waals surface area (Å²) in [7, 11) is 2.20. The van der Waals surface area contributed by atoms with Crippen molar-refractivity contribution in [3.8, 4) is 0 Å². The molecule has 3 heterocycles. The largest absolute Gasteiger partial charge is 0.371 e. The third-order valence-corrected chi connectivity index (χ3v) is 6.17. The van der Waals surface area contributed by atoms with E-state index in [-0.39, 0.29) is 16.7 Å². The molecule has 3 N–H and O–H groups in total. The molecular weight excluding hydrogens is 402 g/mol. The van der Waals surface area contributed by atoms with Gasteiger partial charge in [-0.1, -0.05) is 11.6 Å². The number of nitrogens with zero attached hydrogens (tertiary/aromatic N) is 5. The summed E-state index contributed by atoms with van der Waals surface area (Å²) >= 11 is 5.91. The predicted molar refractivity (Wildman–Crippen MR) is 120 cm³/mol. The highest BCUT2D eigenvalue weighted by molar-refractivity contribution is 6.29. The standard InChI is InChI=1S/C21H28ClN7O/c1-27-10-12-29(13-11-27)17-6-8-28(9-7-17)16-4-2-15(3-5-16)25-21-19(20(23)30)24-14-18(22)26-21/h2-5,14,17H,6-13H2,1H3,(H2,23,30)(H,25,26). The van der Waals surface area contributed by atoms with Gasteiger partial charge in [0.05, 0.1) is 6.20 Å². The molecule has 0 atom stereocenters. The Morgan fingerprint density at radius 3 is 2.40 bits per heavy atom. The summed E-state index contributed by atoms with van der Waals surface area (Å²) < 4.78 is 0. The Morgan fingerprint density at radius 1 is 1.10 bits per heavy atom. The van der Waals surface area contributed by atoms with Crippen molar-refractivity contribution in [2.24, 2.45) is 5.73 Å². The second-order valence-corrected chi connectivity index (χ2v) is 8.37. The van der Waals surface area contributed by atoms with Crippen molar-refractivity contribution >= 4 is 34.7 Å². The van der Waals surface area contributed by atoms with Gasteiger partial charge in [-0.15, -0.1) is 0 Å². The molecule has 2 aromatic rings. The second kappa shape index (κ2) is 9.16. The quantitative estimate of drug-likeness (QED) is 0.752. The Hall–Kier alpha value is -2.42. The van der Waals surface area contributed by atoms with E-state index >= 15 is 0 Å². The second-order valence-electron chi connectivity index (χ2n) is 7.98. The molecule has 160 valence electrons. The maximum atomic E-state index is 11.6. The third-order valence-electron chi connectivity index (χ3n) is 5.99. The van der Waals surface area contributed by atoms with Gasteiger partial charge in [0.2, 0.25) is 0 Å². The van der Waals surface area contributed by atoms with Crippen LogP contribution in [0.4, 0.5) is 17.2 Å². The zero-order chi connectivity index (χ0) is 21.1. The van der Waals surface area contributed by atoms with Gasteiger partial charge in [-0.05, 0) is 44.2 Å². The number of primary amides is 1. The van der Waals surface area contributed by atoms with E-state index in [9.17, 15) is 4.79 Å². The number of hydrogen-bond donors (Lipinski definition) is 2. The number of nitrogens with one attached hydrogen (secondary N) is 1. The van der Waals surface area contributed by atoms with E-state index < -0.39 is 5.91 Å². The van der Waals surface area contributed by atoms with Gasteiger partial charge in [0.15, 0.2) is 11.5 Å². The van der Waals surface area contributed by atoms with Crippen molar-refractivity contribution in [2.75, 3.05) is 56.5 Å². The first-order chi connectivity index (χ1) is 14.5. The molecule has 0 spiro atoms. The van der Waals surface area contributed by atoms with E-state index in [4.69, 9.17) is 17.3 Å². The summed E-state index contributed by atoms with van der Waals surface area (Å²) in [6.07, 6.45) is 3.70. The summed E-state index contributed by atoms with van der Waals surface area (Å²) in [5.41, 5.74) is 7.43. The fourth-order valence-electron chi connectivity index (χ4n) is 4.20. The molecule has 2 aliphatic rings. The molecule has 2 saturated heterocycles. The highest BCUT2D eigenvalue weighted by atomic mass is 35.5. The first-order valence-electron chi connectivity index (χ1n) is 10.4. The molecule has 1 aromatic carbocycles. The summed E-state index contributed by atoms with van der Waals surface area (Å²) in [4.78, 5) is 27.2. The lowest BCUT2D eigenvalue weighted by Crippen LogP contribution is -2.52. The van der Waals surface area contributed by atoms with E-state index in [1.807, 2.05) is 12.1 Å². The molecule has 1 amide bonds. The highest BCUT2D eigenvalue weighted by Crippen LogP contribution is 2.26. The molecule has 0 bridgehead atoms. The Balaban J connectivity index is 1.36. The van der Waals surface area contributed by atoms with Crippen LogP contribution in [0.2, 0.25) is 5.15 Å². The number of rotatable bonds is 5. The Labute approximate surface area is 182 Å². The van der Waals surface area contributed by atoms with Gasteiger partial charge in [0.25, 0.3) is 5.91 Å². The summed E-state index contributed by atoms with van der Waals surface area (Å²) in [6.45, 7) is 6.83. The monoisotopic (exact) mass is 429 g/mol. The van der Waals surface area contributed by atoms with Gasteiger partial charge in [-0.3, -0.25) is 9.69 Å². The van der Waals surface area contributed by atoms with E-state index in [1.165, 1.54) is 50.9 Å². The van der Waals surface area contributed by atoms with Crippen LogP contribution >= 0.6 is 11.6 Å². The van der Waals surface area contributed by atoms with Crippen molar-refractivity contribution in [1.29, 1.82) is 0 Å². The van der Waals surface area contributed by atoms with Crippen LogP contribution in [0.3, 0.4) is 0 Å². The van der Waals surface area contributed by atoms with Gasteiger partial charge in [-0.2, -0.15) is 0 Å². The van der Waals surface area contributed by atoms with Crippen LogP contribution in [0.5, 0.6) is 0 Å². The Kier molecular flexibility index (Phi) is 6.36. The topological polar surface area (TPSA) is 90.6 Å². The van der Waals surface area contributed by atoms with Crippen molar-refractivity contribution in [3.05, 3.63) is 41.3 Å². The first kappa shape index (κ1) is 20.8. The fraction of sp³-hybridized carbons (Fsp3) is 0.476.